The third-order valence-electron chi connectivity index (χ3n) is 1.89. The van der Waals surface area contributed by atoms with Gasteiger partial charge in [0, 0.05) is 4.88 Å². The van der Waals surface area contributed by atoms with Crippen molar-refractivity contribution in [1.82, 2.24) is 0 Å². The number of rotatable bonds is 3. The molecule has 4 nitrogen and oxygen atoms in total. The van der Waals surface area contributed by atoms with Gasteiger partial charge in [-0.3, -0.25) is 10.1 Å². The number of alkyl halides is 1. The van der Waals surface area contributed by atoms with E-state index in [2.05, 4.69) is 15.9 Å². The summed E-state index contributed by atoms with van der Waals surface area (Å²) < 4.78 is 5.98. The van der Waals surface area contributed by atoms with Gasteiger partial charge in [-0.15, -0.1) is 22.9 Å². The lowest BCUT2D eigenvalue weighted by molar-refractivity contribution is -0.402. The van der Waals surface area contributed by atoms with E-state index in [0.29, 0.717) is 5.76 Å². The van der Waals surface area contributed by atoms with Crippen molar-refractivity contribution in [3.63, 3.8) is 0 Å². The van der Waals surface area contributed by atoms with Crippen LogP contribution in [0.15, 0.2) is 32.5 Å². The van der Waals surface area contributed by atoms with Gasteiger partial charge in [0.05, 0.1) is 9.85 Å². The fourth-order valence-electron chi connectivity index (χ4n) is 1.18. The van der Waals surface area contributed by atoms with E-state index >= 15 is 0 Å². The molecule has 1 unspecified atom stereocenters. The highest BCUT2D eigenvalue weighted by atomic mass is 79.9. The first kappa shape index (κ1) is 11.6. The molecule has 0 aromatic carbocycles. The van der Waals surface area contributed by atoms with Gasteiger partial charge in [-0.2, -0.15) is 0 Å². The van der Waals surface area contributed by atoms with Crippen LogP contribution in [0.4, 0.5) is 5.88 Å². The molecule has 0 aliphatic carbocycles. The van der Waals surface area contributed by atoms with Crippen molar-refractivity contribution in [2.24, 2.45) is 0 Å². The van der Waals surface area contributed by atoms with E-state index in [1.54, 1.807) is 0 Å². The van der Waals surface area contributed by atoms with Crippen molar-refractivity contribution in [3.8, 4) is 0 Å². The second kappa shape index (κ2) is 4.57. The molecule has 7 heteroatoms. The zero-order valence-electron chi connectivity index (χ0n) is 7.72. The third-order valence-corrected chi connectivity index (χ3v) is 4.15. The first-order valence-corrected chi connectivity index (χ1v) is 6.26. The summed E-state index contributed by atoms with van der Waals surface area (Å²) in [5.74, 6) is 0.0824. The molecular formula is C9H5BrClNO3S. The highest BCUT2D eigenvalue weighted by molar-refractivity contribution is 9.11. The Morgan fingerprint density at radius 2 is 2.19 bits per heavy atom. The van der Waals surface area contributed by atoms with Crippen LogP contribution in [0.1, 0.15) is 16.0 Å². The summed E-state index contributed by atoms with van der Waals surface area (Å²) in [4.78, 5) is 10.7. The van der Waals surface area contributed by atoms with E-state index in [4.69, 9.17) is 16.0 Å². The van der Waals surface area contributed by atoms with Crippen LogP contribution < -0.4 is 0 Å². The van der Waals surface area contributed by atoms with Crippen molar-refractivity contribution in [3.05, 3.63) is 48.8 Å². The van der Waals surface area contributed by atoms with Gasteiger partial charge >= 0.3 is 5.88 Å². The third kappa shape index (κ3) is 2.28. The number of halogens is 2. The number of hydrogen-bond acceptors (Lipinski definition) is 4. The molecule has 2 heterocycles. The molecule has 0 radical (unpaired) electrons. The van der Waals surface area contributed by atoms with E-state index in [1.165, 1.54) is 23.5 Å². The topological polar surface area (TPSA) is 56.3 Å². The molecule has 0 saturated carbocycles. The van der Waals surface area contributed by atoms with Crippen molar-refractivity contribution in [2.45, 2.75) is 5.38 Å². The van der Waals surface area contributed by atoms with Crippen LogP contribution >= 0.6 is 38.9 Å². The highest BCUT2D eigenvalue weighted by Gasteiger charge is 2.20. The summed E-state index contributed by atoms with van der Waals surface area (Å²) in [6.07, 6.45) is 0. The maximum atomic E-state index is 10.4. The fourth-order valence-corrected chi connectivity index (χ4v) is 2.91. The Balaban J connectivity index is 2.26. The molecule has 0 aliphatic rings. The minimum Gasteiger partial charge on any atom is -0.404 e. The van der Waals surface area contributed by atoms with Crippen molar-refractivity contribution < 1.29 is 9.34 Å². The standard InChI is InChI=1S/C9H5BrClNO3S/c10-7-3-2-6(16-7)9(11)5-1-4-8(15-5)12(13)14/h1-4,9H. The Hall–Kier alpha value is -0.850. The van der Waals surface area contributed by atoms with Crippen LogP contribution in [0.2, 0.25) is 0 Å². The maximum absolute atomic E-state index is 10.4. The van der Waals surface area contributed by atoms with Crippen LogP contribution in [0.5, 0.6) is 0 Å². The molecule has 0 fully saturated rings. The lowest BCUT2D eigenvalue weighted by Gasteiger charge is -2.01. The van der Waals surface area contributed by atoms with Gasteiger partial charge in [-0.1, -0.05) is 0 Å². The zero-order valence-corrected chi connectivity index (χ0v) is 10.9. The average Bonchev–Trinajstić information content (AvgIpc) is 2.84. The monoisotopic (exact) mass is 321 g/mol. The average molecular weight is 323 g/mol. The zero-order chi connectivity index (χ0) is 11.7. The second-order valence-corrected chi connectivity index (χ2v) is 5.87. The number of hydrogen-bond donors (Lipinski definition) is 0. The first-order chi connectivity index (χ1) is 7.58. The lowest BCUT2D eigenvalue weighted by atomic mass is 10.3. The largest absolute Gasteiger partial charge is 0.433 e. The SMILES string of the molecule is O=[N+]([O-])c1ccc(C(Cl)c2ccc(Br)s2)o1. The van der Waals surface area contributed by atoms with E-state index < -0.39 is 10.3 Å². The molecule has 0 amide bonds. The fraction of sp³-hybridized carbons (Fsp3) is 0.111. The molecule has 1 atom stereocenters. The molecule has 0 aliphatic heterocycles. The summed E-state index contributed by atoms with van der Waals surface area (Å²) in [5, 5.41) is 9.95. The van der Waals surface area contributed by atoms with Crippen LogP contribution in [0, 0.1) is 10.1 Å². The maximum Gasteiger partial charge on any atom is 0.433 e. The molecule has 2 rings (SSSR count). The van der Waals surface area contributed by atoms with Crippen molar-refractivity contribution >= 4 is 44.8 Å². The minimum atomic E-state index is -0.586. The number of thiophene rings is 1. The molecule has 0 bridgehead atoms. The van der Waals surface area contributed by atoms with Gasteiger partial charge in [0.2, 0.25) is 0 Å². The second-order valence-electron chi connectivity index (χ2n) is 2.94. The Morgan fingerprint density at radius 3 is 2.69 bits per heavy atom. The van der Waals surface area contributed by atoms with Crippen LogP contribution in [0.25, 0.3) is 0 Å². The predicted octanol–water partition coefficient (Wildman–Crippen LogP) is 4.34. The Morgan fingerprint density at radius 1 is 1.44 bits per heavy atom. The Labute approximate surface area is 108 Å². The molecule has 2 aromatic rings. The van der Waals surface area contributed by atoms with Crippen molar-refractivity contribution in [2.75, 3.05) is 0 Å². The number of nitrogens with zero attached hydrogens (tertiary/aromatic N) is 1. The highest BCUT2D eigenvalue weighted by Crippen LogP contribution is 2.37. The minimum absolute atomic E-state index is 0.295. The molecule has 0 N–H and O–H groups in total. The summed E-state index contributed by atoms with van der Waals surface area (Å²) in [6, 6.07) is 6.53. The molecule has 0 spiro atoms. The normalized spacial score (nSPS) is 12.6. The van der Waals surface area contributed by atoms with Gasteiger partial charge in [0.1, 0.15) is 16.1 Å². The number of nitro groups is 1. The van der Waals surface area contributed by atoms with Crippen LogP contribution in [0.3, 0.4) is 0 Å². The lowest BCUT2D eigenvalue weighted by Crippen LogP contribution is -1.87. The van der Waals surface area contributed by atoms with E-state index in [0.717, 1.165) is 8.66 Å². The summed E-state index contributed by atoms with van der Waals surface area (Å²) in [6.45, 7) is 0. The molecule has 2 aromatic heterocycles. The van der Waals surface area contributed by atoms with Gasteiger partial charge in [0.25, 0.3) is 0 Å². The van der Waals surface area contributed by atoms with Crippen LogP contribution in [-0.4, -0.2) is 4.92 Å². The van der Waals surface area contributed by atoms with E-state index in [-0.39, 0.29) is 5.88 Å². The molecular weight excluding hydrogens is 318 g/mol. The summed E-state index contributed by atoms with van der Waals surface area (Å²) in [5.41, 5.74) is 0. The van der Waals surface area contributed by atoms with Gasteiger partial charge in [-0.25, -0.2) is 0 Å². The van der Waals surface area contributed by atoms with Crippen LogP contribution in [-0.2, 0) is 0 Å². The molecule has 0 saturated heterocycles. The van der Waals surface area contributed by atoms with Gasteiger partial charge in [0.15, 0.2) is 0 Å². The Kier molecular flexibility index (Phi) is 3.32. The quantitative estimate of drug-likeness (QED) is 0.480. The smallest absolute Gasteiger partial charge is 0.404 e. The molecule has 16 heavy (non-hydrogen) atoms. The summed E-state index contributed by atoms with van der Waals surface area (Å²) >= 11 is 10.9. The molecule has 84 valence electrons. The predicted molar refractivity (Wildman–Crippen MR) is 65.1 cm³/mol. The van der Waals surface area contributed by atoms with Crippen molar-refractivity contribution in [1.29, 1.82) is 0 Å². The van der Waals surface area contributed by atoms with E-state index in [9.17, 15) is 10.1 Å². The van der Waals surface area contributed by atoms with Gasteiger partial charge in [-0.05, 0) is 34.1 Å². The van der Waals surface area contributed by atoms with Gasteiger partial charge < -0.3 is 4.42 Å². The number of furan rings is 1. The summed E-state index contributed by atoms with van der Waals surface area (Å²) in [7, 11) is 0. The van der Waals surface area contributed by atoms with E-state index in [1.807, 2.05) is 12.1 Å². The first-order valence-electron chi connectivity index (χ1n) is 4.21. The Bertz CT molecular complexity index is 524.